The molecule has 1 aliphatic heterocycles. The SMILES string of the molecule is CCOc1ncccc1C(=O)N1CCN(S(=O)(=O)c2ccc(C)c(C)c2)CC1. The van der Waals surface area contributed by atoms with Crippen LogP contribution in [0.1, 0.15) is 28.4 Å². The number of aromatic nitrogens is 1. The molecular formula is C20H25N3O4S. The molecular weight excluding hydrogens is 378 g/mol. The molecule has 0 bridgehead atoms. The van der Waals surface area contributed by atoms with E-state index in [1.807, 2.05) is 26.8 Å². The third-order valence-corrected chi connectivity index (χ3v) is 6.82. The zero-order valence-corrected chi connectivity index (χ0v) is 17.2. The van der Waals surface area contributed by atoms with Gasteiger partial charge in [0.25, 0.3) is 5.91 Å². The Balaban J connectivity index is 1.72. The molecule has 2 aromatic rings. The van der Waals surface area contributed by atoms with Gasteiger partial charge in [0.05, 0.1) is 11.5 Å². The first-order valence-electron chi connectivity index (χ1n) is 9.29. The maximum Gasteiger partial charge on any atom is 0.259 e. The second-order valence-corrected chi connectivity index (χ2v) is 8.67. The molecule has 3 rings (SSSR count). The number of piperazine rings is 1. The molecule has 0 spiro atoms. The Morgan fingerprint density at radius 1 is 1.11 bits per heavy atom. The number of hydrogen-bond donors (Lipinski definition) is 0. The van der Waals surface area contributed by atoms with Crippen molar-refractivity contribution in [2.24, 2.45) is 0 Å². The van der Waals surface area contributed by atoms with Crippen molar-refractivity contribution in [3.8, 4) is 5.88 Å². The molecule has 0 aliphatic carbocycles. The molecule has 1 amide bonds. The fourth-order valence-electron chi connectivity index (χ4n) is 3.13. The molecule has 1 aromatic carbocycles. The first kappa shape index (κ1) is 20.3. The van der Waals surface area contributed by atoms with Gasteiger partial charge in [0.15, 0.2) is 0 Å². The number of rotatable bonds is 5. The van der Waals surface area contributed by atoms with Crippen LogP contribution >= 0.6 is 0 Å². The minimum atomic E-state index is -3.57. The summed E-state index contributed by atoms with van der Waals surface area (Å²) in [6, 6.07) is 8.53. The van der Waals surface area contributed by atoms with E-state index in [4.69, 9.17) is 4.74 Å². The smallest absolute Gasteiger partial charge is 0.259 e. The van der Waals surface area contributed by atoms with Crippen molar-refractivity contribution in [2.45, 2.75) is 25.7 Å². The Morgan fingerprint density at radius 3 is 2.46 bits per heavy atom. The van der Waals surface area contributed by atoms with Gasteiger partial charge < -0.3 is 9.64 Å². The molecule has 0 atom stereocenters. The van der Waals surface area contributed by atoms with Crippen molar-refractivity contribution >= 4 is 15.9 Å². The van der Waals surface area contributed by atoms with Crippen LogP contribution in [0.2, 0.25) is 0 Å². The highest BCUT2D eigenvalue weighted by atomic mass is 32.2. The molecule has 8 heteroatoms. The molecule has 0 radical (unpaired) electrons. The number of nitrogens with zero attached hydrogens (tertiary/aromatic N) is 3. The Kier molecular flexibility index (Phi) is 6.00. The van der Waals surface area contributed by atoms with Crippen molar-refractivity contribution < 1.29 is 17.9 Å². The first-order chi connectivity index (χ1) is 13.3. The molecule has 7 nitrogen and oxygen atoms in total. The van der Waals surface area contributed by atoms with E-state index in [9.17, 15) is 13.2 Å². The first-order valence-corrected chi connectivity index (χ1v) is 10.7. The highest BCUT2D eigenvalue weighted by Gasteiger charge is 2.31. The average molecular weight is 404 g/mol. The number of ether oxygens (including phenoxy) is 1. The van der Waals surface area contributed by atoms with Crippen LogP contribution in [0.25, 0.3) is 0 Å². The minimum absolute atomic E-state index is 0.195. The summed E-state index contributed by atoms with van der Waals surface area (Å²) in [6.45, 7) is 7.25. The molecule has 1 fully saturated rings. The van der Waals surface area contributed by atoms with Gasteiger partial charge in [0, 0.05) is 32.4 Å². The van der Waals surface area contributed by atoms with Crippen LogP contribution in [0.4, 0.5) is 0 Å². The maximum absolute atomic E-state index is 12.9. The van der Waals surface area contributed by atoms with E-state index in [1.165, 1.54) is 4.31 Å². The number of benzene rings is 1. The highest BCUT2D eigenvalue weighted by molar-refractivity contribution is 7.89. The van der Waals surface area contributed by atoms with E-state index in [2.05, 4.69) is 4.98 Å². The summed E-state index contributed by atoms with van der Waals surface area (Å²) in [5.74, 6) is 0.111. The molecule has 0 saturated carbocycles. The Hall–Kier alpha value is -2.45. The lowest BCUT2D eigenvalue weighted by Crippen LogP contribution is -2.50. The van der Waals surface area contributed by atoms with E-state index >= 15 is 0 Å². The molecule has 0 N–H and O–H groups in total. The zero-order valence-electron chi connectivity index (χ0n) is 16.4. The number of pyridine rings is 1. The predicted molar refractivity (Wildman–Crippen MR) is 106 cm³/mol. The van der Waals surface area contributed by atoms with Crippen LogP contribution in [0, 0.1) is 13.8 Å². The summed E-state index contributed by atoms with van der Waals surface area (Å²) in [5.41, 5.74) is 2.39. The fourth-order valence-corrected chi connectivity index (χ4v) is 4.64. The lowest BCUT2D eigenvalue weighted by atomic mass is 10.1. The highest BCUT2D eigenvalue weighted by Crippen LogP contribution is 2.22. The van der Waals surface area contributed by atoms with E-state index in [1.54, 1.807) is 35.4 Å². The monoisotopic (exact) mass is 403 g/mol. The summed E-state index contributed by atoms with van der Waals surface area (Å²) < 4.78 is 32.7. The lowest BCUT2D eigenvalue weighted by Gasteiger charge is -2.34. The summed E-state index contributed by atoms with van der Waals surface area (Å²) in [6.07, 6.45) is 1.58. The van der Waals surface area contributed by atoms with Gasteiger partial charge >= 0.3 is 0 Å². The topological polar surface area (TPSA) is 79.8 Å². The van der Waals surface area contributed by atoms with Crippen LogP contribution in [-0.4, -0.2) is 61.3 Å². The van der Waals surface area contributed by atoms with Crippen molar-refractivity contribution in [1.82, 2.24) is 14.2 Å². The third-order valence-electron chi connectivity index (χ3n) is 4.92. The second-order valence-electron chi connectivity index (χ2n) is 6.73. The van der Waals surface area contributed by atoms with E-state index in [-0.39, 0.29) is 19.0 Å². The molecule has 1 aromatic heterocycles. The third kappa shape index (κ3) is 4.02. The summed E-state index contributed by atoms with van der Waals surface area (Å²) in [4.78, 5) is 18.9. The largest absolute Gasteiger partial charge is 0.477 e. The molecule has 1 saturated heterocycles. The van der Waals surface area contributed by atoms with Gasteiger partial charge in [0.2, 0.25) is 15.9 Å². The van der Waals surface area contributed by atoms with Crippen LogP contribution in [0.15, 0.2) is 41.4 Å². The maximum atomic E-state index is 12.9. The van der Waals surface area contributed by atoms with Crippen LogP contribution in [0.3, 0.4) is 0 Å². The Morgan fingerprint density at radius 2 is 1.82 bits per heavy atom. The molecule has 150 valence electrons. The van der Waals surface area contributed by atoms with Gasteiger partial charge in [-0.25, -0.2) is 13.4 Å². The Labute approximate surface area is 166 Å². The van der Waals surface area contributed by atoms with Gasteiger partial charge in [-0.05, 0) is 56.2 Å². The van der Waals surface area contributed by atoms with Gasteiger partial charge in [-0.1, -0.05) is 6.07 Å². The van der Waals surface area contributed by atoms with E-state index in [0.717, 1.165) is 11.1 Å². The number of carbonyl (C=O) groups is 1. The standard InChI is InChI=1S/C20H25N3O4S/c1-4-27-19-18(6-5-9-21-19)20(24)22-10-12-23(13-11-22)28(25,26)17-8-7-15(2)16(3)14-17/h5-9,14H,4,10-13H2,1-3H3. The number of aryl methyl sites for hydroxylation is 2. The van der Waals surface area contributed by atoms with Crippen LogP contribution in [-0.2, 0) is 10.0 Å². The van der Waals surface area contributed by atoms with Crippen molar-refractivity contribution in [3.05, 3.63) is 53.2 Å². The quantitative estimate of drug-likeness (QED) is 0.765. The predicted octanol–water partition coefficient (Wildman–Crippen LogP) is 2.24. The number of sulfonamides is 1. The number of amides is 1. The Bertz CT molecular complexity index is 967. The van der Waals surface area contributed by atoms with Gasteiger partial charge in [-0.15, -0.1) is 0 Å². The molecule has 0 unspecified atom stereocenters. The summed E-state index contributed by atoms with van der Waals surface area (Å²) in [7, 11) is -3.57. The molecule has 2 heterocycles. The lowest BCUT2D eigenvalue weighted by molar-refractivity contribution is 0.0692. The number of hydrogen-bond acceptors (Lipinski definition) is 5. The van der Waals surface area contributed by atoms with Gasteiger partial charge in [0.1, 0.15) is 5.56 Å². The molecule has 1 aliphatic rings. The van der Waals surface area contributed by atoms with Gasteiger partial charge in [-0.3, -0.25) is 4.79 Å². The van der Waals surface area contributed by atoms with Crippen molar-refractivity contribution in [3.63, 3.8) is 0 Å². The normalized spacial score (nSPS) is 15.5. The van der Waals surface area contributed by atoms with Crippen molar-refractivity contribution in [1.29, 1.82) is 0 Å². The summed E-state index contributed by atoms with van der Waals surface area (Å²) >= 11 is 0. The fraction of sp³-hybridized carbons (Fsp3) is 0.400. The van der Waals surface area contributed by atoms with Crippen molar-refractivity contribution in [2.75, 3.05) is 32.8 Å². The zero-order chi connectivity index (χ0) is 20.3. The average Bonchev–Trinajstić information content (AvgIpc) is 2.70. The summed E-state index contributed by atoms with van der Waals surface area (Å²) in [5, 5.41) is 0. The van der Waals surface area contributed by atoms with Crippen LogP contribution < -0.4 is 4.74 Å². The molecule has 28 heavy (non-hydrogen) atoms. The number of carbonyl (C=O) groups excluding carboxylic acids is 1. The van der Waals surface area contributed by atoms with E-state index in [0.29, 0.717) is 36.0 Å². The van der Waals surface area contributed by atoms with E-state index < -0.39 is 10.0 Å². The van der Waals surface area contributed by atoms with Gasteiger partial charge in [-0.2, -0.15) is 4.31 Å². The second kappa shape index (κ2) is 8.28. The minimum Gasteiger partial charge on any atom is -0.477 e. The van der Waals surface area contributed by atoms with Crippen LogP contribution in [0.5, 0.6) is 5.88 Å².